The summed E-state index contributed by atoms with van der Waals surface area (Å²) in [4.78, 5) is 20.0. The fourth-order valence-electron chi connectivity index (χ4n) is 3.81. The highest BCUT2D eigenvalue weighted by molar-refractivity contribution is 7.99. The molecule has 0 saturated heterocycles. The zero-order valence-corrected chi connectivity index (χ0v) is 20.4. The second-order valence-electron chi connectivity index (χ2n) is 7.88. The number of aliphatic imine (C=N–C) groups is 1. The Kier molecular flexibility index (Phi) is 6.73. The van der Waals surface area contributed by atoms with Crippen molar-refractivity contribution in [1.82, 2.24) is 5.32 Å². The largest absolute Gasteiger partial charge is 0.352 e. The number of carbonyl (C=O) groups is 1. The predicted octanol–water partition coefficient (Wildman–Crippen LogP) is 7.60. The highest BCUT2D eigenvalue weighted by atomic mass is 35.5. The maximum atomic E-state index is 12.9. The molecule has 1 aliphatic rings. The van der Waals surface area contributed by atoms with E-state index in [9.17, 15) is 4.79 Å². The Hall–Kier alpha value is -3.05. The Morgan fingerprint density at radius 3 is 2.47 bits per heavy atom. The van der Waals surface area contributed by atoms with Crippen molar-refractivity contribution in [3.63, 3.8) is 0 Å². The summed E-state index contributed by atoms with van der Waals surface area (Å²) >= 11 is 13.9. The molecule has 34 heavy (non-hydrogen) atoms. The number of rotatable bonds is 5. The number of nitrogens with one attached hydrogen (secondary N) is 1. The molecule has 6 heteroatoms. The van der Waals surface area contributed by atoms with E-state index in [1.54, 1.807) is 11.8 Å². The number of hydrogen-bond donors (Lipinski definition) is 1. The van der Waals surface area contributed by atoms with E-state index in [-0.39, 0.29) is 5.91 Å². The van der Waals surface area contributed by atoms with Crippen molar-refractivity contribution in [3.05, 3.63) is 123 Å². The molecule has 0 aromatic heterocycles. The average Bonchev–Trinajstić information content (AvgIpc) is 3.01. The van der Waals surface area contributed by atoms with E-state index >= 15 is 0 Å². The van der Waals surface area contributed by atoms with Gasteiger partial charge in [-0.05, 0) is 60.5 Å². The van der Waals surface area contributed by atoms with Crippen molar-refractivity contribution >= 4 is 52.3 Å². The zero-order chi connectivity index (χ0) is 23.5. The fourth-order valence-corrected chi connectivity index (χ4v) is 5.13. The first-order valence-corrected chi connectivity index (χ1v) is 12.4. The monoisotopic (exact) mass is 502 g/mol. The topological polar surface area (TPSA) is 41.5 Å². The van der Waals surface area contributed by atoms with Gasteiger partial charge in [0, 0.05) is 43.1 Å². The van der Waals surface area contributed by atoms with Crippen LogP contribution >= 0.6 is 35.0 Å². The van der Waals surface area contributed by atoms with Crippen molar-refractivity contribution in [2.45, 2.75) is 16.2 Å². The first-order chi connectivity index (χ1) is 16.6. The van der Waals surface area contributed by atoms with Crippen LogP contribution in [-0.4, -0.2) is 18.2 Å². The van der Waals surface area contributed by atoms with Crippen LogP contribution in [0.5, 0.6) is 0 Å². The second-order valence-corrected chi connectivity index (χ2v) is 9.84. The Bertz CT molecular complexity index is 1400. The third-order valence-electron chi connectivity index (χ3n) is 5.53. The van der Waals surface area contributed by atoms with Gasteiger partial charge in [0.2, 0.25) is 0 Å². The van der Waals surface area contributed by atoms with Gasteiger partial charge >= 0.3 is 0 Å². The van der Waals surface area contributed by atoms with Crippen LogP contribution in [0.15, 0.2) is 106 Å². The lowest BCUT2D eigenvalue weighted by Crippen LogP contribution is -2.25. The van der Waals surface area contributed by atoms with Gasteiger partial charge in [-0.1, -0.05) is 77.4 Å². The van der Waals surface area contributed by atoms with Crippen molar-refractivity contribution < 1.29 is 4.79 Å². The van der Waals surface area contributed by atoms with E-state index in [2.05, 4.69) is 17.4 Å². The lowest BCUT2D eigenvalue weighted by atomic mass is 10.0. The van der Waals surface area contributed by atoms with Crippen LogP contribution < -0.4 is 5.32 Å². The van der Waals surface area contributed by atoms with E-state index < -0.39 is 0 Å². The van der Waals surface area contributed by atoms with Crippen molar-refractivity contribution in [3.8, 4) is 0 Å². The molecule has 1 amide bonds. The highest BCUT2D eigenvalue weighted by Gasteiger charge is 2.20. The summed E-state index contributed by atoms with van der Waals surface area (Å²) in [5, 5.41) is 4.37. The van der Waals surface area contributed by atoms with Gasteiger partial charge in [0.1, 0.15) is 0 Å². The van der Waals surface area contributed by atoms with Gasteiger partial charge in [-0.2, -0.15) is 0 Å². The summed E-state index contributed by atoms with van der Waals surface area (Å²) in [7, 11) is 0. The molecule has 1 aliphatic heterocycles. The number of nitrogens with zero attached hydrogens (tertiary/aromatic N) is 1. The summed E-state index contributed by atoms with van der Waals surface area (Å²) in [6.45, 7) is 0.536. The van der Waals surface area contributed by atoms with Crippen LogP contribution in [0.4, 0.5) is 5.69 Å². The number of benzene rings is 4. The second kappa shape index (κ2) is 10.1. The molecule has 4 aromatic rings. The number of hydrogen-bond acceptors (Lipinski definition) is 3. The number of halogens is 2. The predicted molar refractivity (Wildman–Crippen MR) is 141 cm³/mol. The molecule has 0 unspecified atom stereocenters. The number of fused-ring (bicyclic) bond motifs is 2. The molecular formula is C28H20Cl2N2OS. The number of amides is 1. The molecule has 0 fully saturated rings. The molecule has 0 bridgehead atoms. The van der Waals surface area contributed by atoms with E-state index in [1.165, 1.54) is 0 Å². The molecule has 0 aliphatic carbocycles. The SMILES string of the molecule is O=C(NCCc1ccc(Cl)cc1)c1ccc2c(c1)N=C(c1cccc(Cl)c1)c1ccccc1S2. The maximum absolute atomic E-state index is 12.9. The van der Waals surface area contributed by atoms with E-state index in [1.807, 2.05) is 78.9 Å². The summed E-state index contributed by atoms with van der Waals surface area (Å²) in [5.74, 6) is -0.122. The van der Waals surface area contributed by atoms with Crippen molar-refractivity contribution in [2.24, 2.45) is 4.99 Å². The Morgan fingerprint density at radius 2 is 1.65 bits per heavy atom. The molecule has 5 rings (SSSR count). The molecule has 168 valence electrons. The summed E-state index contributed by atoms with van der Waals surface area (Å²) < 4.78 is 0. The highest BCUT2D eigenvalue weighted by Crippen LogP contribution is 2.41. The van der Waals surface area contributed by atoms with E-state index in [0.717, 1.165) is 44.3 Å². The minimum absolute atomic E-state index is 0.122. The van der Waals surface area contributed by atoms with E-state index in [4.69, 9.17) is 28.2 Å². The van der Waals surface area contributed by atoms with Gasteiger partial charge < -0.3 is 5.32 Å². The minimum atomic E-state index is -0.122. The molecular weight excluding hydrogens is 483 g/mol. The van der Waals surface area contributed by atoms with Crippen LogP contribution in [0.3, 0.4) is 0 Å². The summed E-state index contributed by atoms with van der Waals surface area (Å²) in [6.07, 6.45) is 0.732. The Morgan fingerprint density at radius 1 is 0.824 bits per heavy atom. The molecule has 0 atom stereocenters. The molecule has 0 spiro atoms. The smallest absolute Gasteiger partial charge is 0.251 e. The van der Waals surface area contributed by atoms with Gasteiger partial charge in [0.05, 0.1) is 11.4 Å². The van der Waals surface area contributed by atoms with Crippen LogP contribution in [0.25, 0.3) is 0 Å². The Labute approximate surface area is 212 Å². The van der Waals surface area contributed by atoms with Gasteiger partial charge in [-0.15, -0.1) is 0 Å². The molecule has 0 saturated carbocycles. The minimum Gasteiger partial charge on any atom is -0.352 e. The molecule has 1 heterocycles. The lowest BCUT2D eigenvalue weighted by molar-refractivity contribution is 0.0954. The lowest BCUT2D eigenvalue weighted by Gasteiger charge is -2.09. The molecule has 3 nitrogen and oxygen atoms in total. The fraction of sp³-hybridized carbons (Fsp3) is 0.0714. The van der Waals surface area contributed by atoms with Crippen LogP contribution in [0.2, 0.25) is 10.0 Å². The maximum Gasteiger partial charge on any atom is 0.251 e. The van der Waals surface area contributed by atoms with Crippen LogP contribution in [0, 0.1) is 0 Å². The molecule has 4 aromatic carbocycles. The normalized spacial score (nSPS) is 12.2. The Balaban J connectivity index is 1.43. The summed E-state index contributed by atoms with van der Waals surface area (Å²) in [5.41, 5.74) is 5.28. The van der Waals surface area contributed by atoms with Crippen LogP contribution in [0.1, 0.15) is 27.0 Å². The number of carbonyl (C=O) groups excluding carboxylic acids is 1. The quantitative estimate of drug-likeness (QED) is 0.268. The molecule has 1 N–H and O–H groups in total. The van der Waals surface area contributed by atoms with Crippen molar-refractivity contribution in [2.75, 3.05) is 6.54 Å². The standard InChI is InChI=1S/C28H20Cl2N2OS/c29-21-11-8-18(9-12-21)14-15-31-28(33)20-10-13-26-24(17-20)32-27(19-4-3-5-22(30)16-19)23-6-1-2-7-25(23)34-26/h1-13,16-17H,14-15H2,(H,31,33). The van der Waals surface area contributed by atoms with Gasteiger partial charge in [0.15, 0.2) is 0 Å². The van der Waals surface area contributed by atoms with E-state index in [0.29, 0.717) is 22.2 Å². The average molecular weight is 503 g/mol. The zero-order valence-electron chi connectivity index (χ0n) is 18.1. The van der Waals surface area contributed by atoms with Crippen LogP contribution in [-0.2, 0) is 6.42 Å². The third-order valence-corrected chi connectivity index (χ3v) is 7.15. The molecule has 0 radical (unpaired) electrons. The van der Waals surface area contributed by atoms with Crippen molar-refractivity contribution in [1.29, 1.82) is 0 Å². The van der Waals surface area contributed by atoms with Gasteiger partial charge in [-0.25, -0.2) is 4.99 Å². The first kappa shape index (κ1) is 22.7. The summed E-state index contributed by atoms with van der Waals surface area (Å²) in [6, 6.07) is 29.2. The third kappa shape index (κ3) is 5.05. The first-order valence-electron chi connectivity index (χ1n) is 10.9. The van der Waals surface area contributed by atoms with Gasteiger partial charge in [0.25, 0.3) is 5.91 Å². The van der Waals surface area contributed by atoms with Gasteiger partial charge in [-0.3, -0.25) is 4.79 Å².